The lowest BCUT2D eigenvalue weighted by atomic mass is 10.1. The van der Waals surface area contributed by atoms with Crippen LogP contribution >= 0.6 is 0 Å². The normalized spacial score (nSPS) is 10.9. The Labute approximate surface area is 167 Å². The van der Waals surface area contributed by atoms with Crippen molar-refractivity contribution in [1.82, 2.24) is 14.1 Å². The predicted molar refractivity (Wildman–Crippen MR) is 113 cm³/mol. The zero-order valence-electron chi connectivity index (χ0n) is 16.1. The SMILES string of the molecule is COc1cccc(Cn2c(=O)n(CCc3ccccc3)c(=O)c3cccnc32)c1. The number of hydrogen-bond acceptors (Lipinski definition) is 4. The standard InChI is InChI=1S/C23H21N3O3/c1-29-19-10-5-9-18(15-19)16-26-21-20(11-6-13-24-21)22(27)25(23(26)28)14-12-17-7-3-2-4-8-17/h2-11,13,15H,12,14,16H2,1H3. The van der Waals surface area contributed by atoms with Crippen LogP contribution in [0.2, 0.25) is 0 Å². The molecule has 0 N–H and O–H groups in total. The van der Waals surface area contributed by atoms with Crippen molar-refractivity contribution < 1.29 is 4.74 Å². The first-order chi connectivity index (χ1) is 14.2. The monoisotopic (exact) mass is 387 g/mol. The Hall–Kier alpha value is -3.67. The summed E-state index contributed by atoms with van der Waals surface area (Å²) in [6.07, 6.45) is 2.19. The number of aromatic nitrogens is 3. The first-order valence-electron chi connectivity index (χ1n) is 9.42. The van der Waals surface area contributed by atoms with E-state index in [1.165, 1.54) is 4.57 Å². The molecule has 0 radical (unpaired) electrons. The molecule has 0 aliphatic carbocycles. The van der Waals surface area contributed by atoms with Crippen LogP contribution in [-0.4, -0.2) is 21.2 Å². The molecule has 0 aliphatic rings. The van der Waals surface area contributed by atoms with E-state index in [0.717, 1.165) is 11.1 Å². The topological polar surface area (TPSA) is 66.1 Å². The van der Waals surface area contributed by atoms with Crippen molar-refractivity contribution in [1.29, 1.82) is 0 Å². The Kier molecular flexibility index (Phi) is 5.24. The average Bonchev–Trinajstić information content (AvgIpc) is 2.77. The molecule has 29 heavy (non-hydrogen) atoms. The van der Waals surface area contributed by atoms with Crippen molar-refractivity contribution in [2.75, 3.05) is 7.11 Å². The summed E-state index contributed by atoms with van der Waals surface area (Å²) >= 11 is 0. The molecule has 6 heteroatoms. The number of pyridine rings is 1. The van der Waals surface area contributed by atoms with E-state index < -0.39 is 0 Å². The maximum atomic E-state index is 13.2. The Morgan fingerprint density at radius 1 is 0.897 bits per heavy atom. The number of ether oxygens (including phenoxy) is 1. The molecule has 0 saturated carbocycles. The van der Waals surface area contributed by atoms with Crippen molar-refractivity contribution >= 4 is 11.0 Å². The Bertz CT molecular complexity index is 1260. The van der Waals surface area contributed by atoms with Crippen LogP contribution in [0.25, 0.3) is 11.0 Å². The molecule has 2 aromatic heterocycles. The van der Waals surface area contributed by atoms with Crippen LogP contribution in [0.5, 0.6) is 5.75 Å². The van der Waals surface area contributed by atoms with Gasteiger partial charge in [0.15, 0.2) is 0 Å². The third-order valence-electron chi connectivity index (χ3n) is 4.92. The summed E-state index contributed by atoms with van der Waals surface area (Å²) in [5, 5.41) is 0.433. The second kappa shape index (κ2) is 8.14. The van der Waals surface area contributed by atoms with Gasteiger partial charge in [0.05, 0.1) is 19.0 Å². The Morgan fingerprint density at radius 3 is 2.48 bits per heavy atom. The summed E-state index contributed by atoms with van der Waals surface area (Å²) in [4.78, 5) is 30.5. The summed E-state index contributed by atoms with van der Waals surface area (Å²) in [6.45, 7) is 0.611. The lowest BCUT2D eigenvalue weighted by Gasteiger charge is -2.14. The van der Waals surface area contributed by atoms with Gasteiger partial charge in [0, 0.05) is 12.7 Å². The highest BCUT2D eigenvalue weighted by Gasteiger charge is 2.14. The van der Waals surface area contributed by atoms with Crippen LogP contribution in [0.4, 0.5) is 0 Å². The number of rotatable bonds is 6. The molecule has 0 aliphatic heterocycles. The molecule has 0 spiro atoms. The molecular formula is C23H21N3O3. The van der Waals surface area contributed by atoms with Crippen molar-refractivity contribution in [3.63, 3.8) is 0 Å². The lowest BCUT2D eigenvalue weighted by molar-refractivity contribution is 0.414. The Morgan fingerprint density at radius 2 is 1.69 bits per heavy atom. The summed E-state index contributed by atoms with van der Waals surface area (Å²) in [5.74, 6) is 0.713. The van der Waals surface area contributed by atoms with Crippen molar-refractivity contribution in [2.24, 2.45) is 0 Å². The number of aryl methyl sites for hydroxylation is 1. The molecule has 4 rings (SSSR count). The zero-order valence-corrected chi connectivity index (χ0v) is 16.1. The van der Waals surface area contributed by atoms with E-state index >= 15 is 0 Å². The van der Waals surface area contributed by atoms with Gasteiger partial charge in [-0.2, -0.15) is 0 Å². The minimum absolute atomic E-state index is 0.301. The molecule has 0 fully saturated rings. The molecule has 0 amide bonds. The van der Waals surface area contributed by atoms with E-state index in [9.17, 15) is 9.59 Å². The lowest BCUT2D eigenvalue weighted by Crippen LogP contribution is -2.41. The number of nitrogens with zero attached hydrogens (tertiary/aromatic N) is 3. The molecule has 2 aromatic carbocycles. The minimum atomic E-state index is -0.361. The van der Waals surface area contributed by atoms with Gasteiger partial charge in [0.25, 0.3) is 5.56 Å². The molecule has 0 atom stereocenters. The maximum absolute atomic E-state index is 13.2. The first-order valence-corrected chi connectivity index (χ1v) is 9.42. The van der Waals surface area contributed by atoms with E-state index in [2.05, 4.69) is 4.98 Å². The third-order valence-corrected chi connectivity index (χ3v) is 4.92. The summed E-state index contributed by atoms with van der Waals surface area (Å²) < 4.78 is 8.14. The van der Waals surface area contributed by atoms with E-state index in [1.807, 2.05) is 54.6 Å². The number of hydrogen-bond donors (Lipinski definition) is 0. The molecular weight excluding hydrogens is 366 g/mol. The third kappa shape index (κ3) is 3.82. The summed E-state index contributed by atoms with van der Waals surface area (Å²) in [5.41, 5.74) is 1.69. The van der Waals surface area contributed by atoms with Gasteiger partial charge in [-0.15, -0.1) is 0 Å². The van der Waals surface area contributed by atoms with Gasteiger partial charge in [-0.05, 0) is 41.8 Å². The highest BCUT2D eigenvalue weighted by atomic mass is 16.5. The molecule has 2 heterocycles. The van der Waals surface area contributed by atoms with Crippen LogP contribution < -0.4 is 16.0 Å². The highest BCUT2D eigenvalue weighted by Crippen LogP contribution is 2.14. The Balaban J connectivity index is 1.80. The summed E-state index contributed by atoms with van der Waals surface area (Å²) in [6, 6.07) is 20.8. The van der Waals surface area contributed by atoms with Crippen molar-refractivity contribution in [2.45, 2.75) is 19.5 Å². The average molecular weight is 387 g/mol. The van der Waals surface area contributed by atoms with Crippen LogP contribution in [0.3, 0.4) is 0 Å². The van der Waals surface area contributed by atoms with Gasteiger partial charge in [0.2, 0.25) is 0 Å². The molecule has 4 aromatic rings. The maximum Gasteiger partial charge on any atom is 0.332 e. The van der Waals surface area contributed by atoms with Crippen molar-refractivity contribution in [3.05, 3.63) is 105 Å². The van der Waals surface area contributed by atoms with E-state index in [0.29, 0.717) is 36.3 Å². The van der Waals surface area contributed by atoms with Gasteiger partial charge >= 0.3 is 5.69 Å². The largest absolute Gasteiger partial charge is 0.497 e. The van der Waals surface area contributed by atoms with Crippen molar-refractivity contribution in [3.8, 4) is 5.75 Å². The van der Waals surface area contributed by atoms with Gasteiger partial charge in [-0.3, -0.25) is 13.9 Å². The number of fused-ring (bicyclic) bond motifs is 1. The number of benzene rings is 2. The van der Waals surface area contributed by atoms with Gasteiger partial charge < -0.3 is 4.74 Å². The fourth-order valence-electron chi connectivity index (χ4n) is 3.43. The smallest absolute Gasteiger partial charge is 0.332 e. The van der Waals surface area contributed by atoms with E-state index in [4.69, 9.17) is 4.74 Å². The van der Waals surface area contributed by atoms with Gasteiger partial charge in [0.1, 0.15) is 11.4 Å². The predicted octanol–water partition coefficient (Wildman–Crippen LogP) is 2.86. The summed E-state index contributed by atoms with van der Waals surface area (Å²) in [7, 11) is 1.60. The molecule has 0 saturated heterocycles. The van der Waals surface area contributed by atoms with Gasteiger partial charge in [-0.1, -0.05) is 42.5 Å². The quantitative estimate of drug-likeness (QED) is 0.510. The molecule has 6 nitrogen and oxygen atoms in total. The minimum Gasteiger partial charge on any atom is -0.497 e. The van der Waals surface area contributed by atoms with E-state index in [1.54, 1.807) is 30.0 Å². The molecule has 146 valence electrons. The van der Waals surface area contributed by atoms with Crippen LogP contribution in [0, 0.1) is 0 Å². The fourth-order valence-corrected chi connectivity index (χ4v) is 3.43. The number of methoxy groups -OCH3 is 1. The van der Waals surface area contributed by atoms with Gasteiger partial charge in [-0.25, -0.2) is 9.78 Å². The second-order valence-corrected chi connectivity index (χ2v) is 6.79. The zero-order chi connectivity index (χ0) is 20.2. The van der Waals surface area contributed by atoms with Crippen LogP contribution in [0.15, 0.2) is 82.5 Å². The fraction of sp³-hybridized carbons (Fsp3) is 0.174. The molecule has 0 unspecified atom stereocenters. The highest BCUT2D eigenvalue weighted by molar-refractivity contribution is 5.73. The van der Waals surface area contributed by atoms with Crippen LogP contribution in [-0.2, 0) is 19.5 Å². The molecule has 0 bridgehead atoms. The second-order valence-electron chi connectivity index (χ2n) is 6.79. The first kappa shape index (κ1) is 18.7. The van der Waals surface area contributed by atoms with Crippen LogP contribution in [0.1, 0.15) is 11.1 Å². The van der Waals surface area contributed by atoms with E-state index in [-0.39, 0.29) is 11.2 Å².